The highest BCUT2D eigenvalue weighted by molar-refractivity contribution is 6.30. The molecule has 0 unspecified atom stereocenters. The highest BCUT2D eigenvalue weighted by Gasteiger charge is 2.21. The molecule has 0 radical (unpaired) electrons. The van der Waals surface area contributed by atoms with Crippen molar-refractivity contribution in [3.63, 3.8) is 0 Å². The van der Waals surface area contributed by atoms with Gasteiger partial charge in [-0.05, 0) is 48.4 Å². The maximum absolute atomic E-state index is 12.5. The number of aliphatic hydroxyl groups excluding tert-OH is 1. The van der Waals surface area contributed by atoms with Crippen molar-refractivity contribution in [2.24, 2.45) is 0 Å². The number of rotatable bonds is 5. The van der Waals surface area contributed by atoms with Gasteiger partial charge in [0.25, 0.3) is 0 Å². The largest absolute Gasteiger partial charge is 0.396 e. The molecule has 2 amide bonds. The number of amides is 2. The summed E-state index contributed by atoms with van der Waals surface area (Å²) < 4.78 is 1.71. The van der Waals surface area contributed by atoms with Crippen LogP contribution in [0.25, 0.3) is 5.69 Å². The number of carbonyl (C=O) groups is 1. The molecule has 0 saturated carbocycles. The SMILES string of the molecule is CC(C)(C)c1cc(NC(=O)Nc2ccc(Cl)cc2)n(-c2ccc(CCO)cc2)n1. The average molecular weight is 413 g/mol. The molecule has 2 aromatic carbocycles. The molecule has 3 N–H and O–H groups in total. The van der Waals surface area contributed by atoms with Crippen LogP contribution < -0.4 is 10.6 Å². The monoisotopic (exact) mass is 412 g/mol. The third-order valence-electron chi connectivity index (χ3n) is 4.40. The van der Waals surface area contributed by atoms with Crippen LogP contribution in [0.4, 0.5) is 16.3 Å². The molecule has 3 rings (SSSR count). The second kappa shape index (κ2) is 8.68. The van der Waals surface area contributed by atoms with Gasteiger partial charge in [-0.15, -0.1) is 0 Å². The van der Waals surface area contributed by atoms with Crippen LogP contribution in [-0.4, -0.2) is 27.5 Å². The molecular formula is C22H25ClN4O2. The molecule has 0 aliphatic heterocycles. The van der Waals surface area contributed by atoms with Crippen molar-refractivity contribution in [1.29, 1.82) is 0 Å². The van der Waals surface area contributed by atoms with Crippen molar-refractivity contribution in [2.75, 3.05) is 17.2 Å². The zero-order valence-corrected chi connectivity index (χ0v) is 17.5. The fourth-order valence-corrected chi connectivity index (χ4v) is 2.90. The highest BCUT2D eigenvalue weighted by atomic mass is 35.5. The summed E-state index contributed by atoms with van der Waals surface area (Å²) in [5.41, 5.74) is 3.19. The van der Waals surface area contributed by atoms with Gasteiger partial charge >= 0.3 is 6.03 Å². The lowest BCUT2D eigenvalue weighted by Crippen LogP contribution is -2.21. The van der Waals surface area contributed by atoms with Gasteiger partial charge in [-0.25, -0.2) is 9.48 Å². The predicted octanol–water partition coefficient (Wildman–Crippen LogP) is 5.00. The topological polar surface area (TPSA) is 79.2 Å². The Bertz CT molecular complexity index is 974. The van der Waals surface area contributed by atoms with Crippen LogP contribution >= 0.6 is 11.6 Å². The molecule has 0 saturated heterocycles. The number of hydrogen-bond donors (Lipinski definition) is 3. The Kier molecular flexibility index (Phi) is 6.25. The molecule has 1 aromatic heterocycles. The van der Waals surface area contributed by atoms with Crippen LogP contribution in [0.1, 0.15) is 32.0 Å². The van der Waals surface area contributed by atoms with Crippen molar-refractivity contribution >= 4 is 29.1 Å². The number of anilines is 2. The molecule has 0 aliphatic carbocycles. The van der Waals surface area contributed by atoms with E-state index in [-0.39, 0.29) is 18.1 Å². The number of aromatic nitrogens is 2. The third kappa shape index (κ3) is 5.37. The van der Waals surface area contributed by atoms with Crippen LogP contribution in [0.15, 0.2) is 54.6 Å². The molecule has 3 aromatic rings. The Balaban J connectivity index is 1.87. The van der Waals surface area contributed by atoms with E-state index in [9.17, 15) is 4.79 Å². The molecule has 0 aliphatic rings. The number of nitrogens with one attached hydrogen (secondary N) is 2. The van der Waals surface area contributed by atoms with Gasteiger partial charge < -0.3 is 10.4 Å². The second-order valence-electron chi connectivity index (χ2n) is 7.80. The van der Waals surface area contributed by atoms with Crippen LogP contribution in [-0.2, 0) is 11.8 Å². The lowest BCUT2D eigenvalue weighted by Gasteiger charge is -2.14. The number of urea groups is 1. The van der Waals surface area contributed by atoms with Crippen molar-refractivity contribution in [1.82, 2.24) is 9.78 Å². The zero-order valence-electron chi connectivity index (χ0n) is 16.7. The summed E-state index contributed by atoms with van der Waals surface area (Å²) >= 11 is 5.89. The van der Waals surface area contributed by atoms with Crippen molar-refractivity contribution < 1.29 is 9.90 Å². The molecule has 29 heavy (non-hydrogen) atoms. The van der Waals surface area contributed by atoms with E-state index in [2.05, 4.69) is 31.4 Å². The van der Waals surface area contributed by atoms with E-state index in [1.807, 2.05) is 30.3 Å². The first kappa shape index (κ1) is 20.9. The van der Waals surface area contributed by atoms with E-state index in [1.165, 1.54) is 0 Å². The first-order valence-electron chi connectivity index (χ1n) is 9.40. The van der Waals surface area contributed by atoms with Crippen LogP contribution in [0, 0.1) is 0 Å². The molecule has 0 bridgehead atoms. The zero-order chi connectivity index (χ0) is 21.0. The molecule has 7 heteroatoms. The van der Waals surface area contributed by atoms with E-state index in [0.29, 0.717) is 22.9 Å². The Morgan fingerprint density at radius 3 is 2.31 bits per heavy atom. The van der Waals surface area contributed by atoms with Gasteiger partial charge in [-0.2, -0.15) is 5.10 Å². The summed E-state index contributed by atoms with van der Waals surface area (Å²) in [4.78, 5) is 12.5. The number of carbonyl (C=O) groups excluding carboxylic acids is 1. The normalized spacial score (nSPS) is 11.3. The molecule has 1 heterocycles. The summed E-state index contributed by atoms with van der Waals surface area (Å²) in [5.74, 6) is 0.566. The van der Waals surface area contributed by atoms with Gasteiger partial charge in [0.05, 0.1) is 11.4 Å². The average Bonchev–Trinajstić information content (AvgIpc) is 3.08. The van der Waals surface area contributed by atoms with Gasteiger partial charge in [-0.1, -0.05) is 44.5 Å². The van der Waals surface area contributed by atoms with Crippen LogP contribution in [0.3, 0.4) is 0 Å². The van der Waals surface area contributed by atoms with Gasteiger partial charge in [0.1, 0.15) is 5.82 Å². The summed E-state index contributed by atoms with van der Waals surface area (Å²) in [6.07, 6.45) is 0.598. The number of nitrogens with zero attached hydrogens (tertiary/aromatic N) is 2. The smallest absolute Gasteiger partial charge is 0.324 e. The van der Waals surface area contributed by atoms with E-state index >= 15 is 0 Å². The summed E-state index contributed by atoms with van der Waals surface area (Å²) in [6, 6.07) is 16.1. The summed E-state index contributed by atoms with van der Waals surface area (Å²) in [6.45, 7) is 6.32. The van der Waals surface area contributed by atoms with E-state index in [0.717, 1.165) is 16.9 Å². The fourth-order valence-electron chi connectivity index (χ4n) is 2.78. The second-order valence-corrected chi connectivity index (χ2v) is 8.24. The van der Waals surface area contributed by atoms with Gasteiger partial charge in [0.15, 0.2) is 0 Å². The van der Waals surface area contributed by atoms with Crippen molar-refractivity contribution in [3.8, 4) is 5.69 Å². The maximum atomic E-state index is 12.5. The van der Waals surface area contributed by atoms with Gasteiger partial charge in [-0.3, -0.25) is 5.32 Å². The van der Waals surface area contributed by atoms with Crippen molar-refractivity contribution in [2.45, 2.75) is 32.6 Å². The molecule has 0 fully saturated rings. The van der Waals surface area contributed by atoms with E-state index in [1.54, 1.807) is 28.9 Å². The lowest BCUT2D eigenvalue weighted by atomic mass is 9.92. The molecule has 152 valence electrons. The number of benzene rings is 2. The lowest BCUT2D eigenvalue weighted by molar-refractivity contribution is 0.262. The minimum absolute atomic E-state index is 0.104. The van der Waals surface area contributed by atoms with Gasteiger partial charge in [0, 0.05) is 28.8 Å². The molecule has 6 nitrogen and oxygen atoms in total. The Morgan fingerprint density at radius 1 is 1.07 bits per heavy atom. The Hall–Kier alpha value is -2.83. The molecule has 0 atom stereocenters. The Labute approximate surface area is 175 Å². The summed E-state index contributed by atoms with van der Waals surface area (Å²) in [7, 11) is 0. The maximum Gasteiger partial charge on any atom is 0.324 e. The van der Waals surface area contributed by atoms with Crippen LogP contribution in [0.2, 0.25) is 5.02 Å². The van der Waals surface area contributed by atoms with E-state index < -0.39 is 0 Å². The van der Waals surface area contributed by atoms with Crippen molar-refractivity contribution in [3.05, 3.63) is 70.9 Å². The van der Waals surface area contributed by atoms with Crippen LogP contribution in [0.5, 0.6) is 0 Å². The first-order chi connectivity index (χ1) is 13.8. The molecular weight excluding hydrogens is 388 g/mol. The number of aliphatic hydroxyl groups is 1. The summed E-state index contributed by atoms with van der Waals surface area (Å²) in [5, 5.41) is 20.1. The minimum atomic E-state index is -0.370. The standard InChI is InChI=1S/C22H25ClN4O2/c1-22(2,3)19-14-20(25-21(29)24-17-8-6-16(23)7-9-17)27(26-19)18-10-4-15(5-11-18)12-13-28/h4-11,14,28H,12-13H2,1-3H3,(H2,24,25,29). The number of halogens is 1. The third-order valence-corrected chi connectivity index (χ3v) is 4.65. The van der Waals surface area contributed by atoms with Gasteiger partial charge in [0.2, 0.25) is 0 Å². The van der Waals surface area contributed by atoms with E-state index in [4.69, 9.17) is 21.8 Å². The highest BCUT2D eigenvalue weighted by Crippen LogP contribution is 2.26. The molecule has 0 spiro atoms. The number of hydrogen-bond acceptors (Lipinski definition) is 3. The fraction of sp³-hybridized carbons (Fsp3) is 0.273. The predicted molar refractivity (Wildman–Crippen MR) is 117 cm³/mol. The Morgan fingerprint density at radius 2 is 1.72 bits per heavy atom. The first-order valence-corrected chi connectivity index (χ1v) is 9.78. The quantitative estimate of drug-likeness (QED) is 0.551. The minimum Gasteiger partial charge on any atom is -0.396 e.